The number of nitrogens with one attached hydrogen (secondary N) is 2. The van der Waals surface area contributed by atoms with Crippen LogP contribution >= 0.6 is 11.6 Å². The number of para-hydroxylation sites is 2. The number of aromatic nitrogens is 3. The Morgan fingerprint density at radius 2 is 1.96 bits per heavy atom. The highest BCUT2D eigenvalue weighted by atomic mass is 35.5. The molecule has 0 spiro atoms. The summed E-state index contributed by atoms with van der Waals surface area (Å²) in [6.07, 6.45) is 0.985. The number of anilines is 1. The van der Waals surface area contributed by atoms with E-state index in [2.05, 4.69) is 27.0 Å². The second-order valence-electron chi connectivity index (χ2n) is 6.02. The molecule has 2 N–H and O–H groups in total. The van der Waals surface area contributed by atoms with Gasteiger partial charge in [-0.05, 0) is 30.3 Å². The van der Waals surface area contributed by atoms with Gasteiger partial charge in [0.1, 0.15) is 0 Å². The number of nitrogens with zero attached hydrogens (tertiary/aromatic N) is 2. The molecule has 0 amide bonds. The highest BCUT2D eigenvalue weighted by Crippen LogP contribution is 2.31. The average Bonchev–Trinajstić information content (AvgIpc) is 3.15. The molecule has 1 aliphatic heterocycles. The summed E-state index contributed by atoms with van der Waals surface area (Å²) in [6, 6.07) is 14.2. The molecule has 2 aromatic carbocycles. The monoisotopic (exact) mass is 322 g/mol. The van der Waals surface area contributed by atoms with Crippen molar-refractivity contribution in [1.29, 1.82) is 0 Å². The molecule has 0 radical (unpaired) electrons. The Morgan fingerprint density at radius 1 is 1.04 bits per heavy atom. The third-order valence-electron chi connectivity index (χ3n) is 4.61. The fourth-order valence-electron chi connectivity index (χ4n) is 3.46. The first kappa shape index (κ1) is 13.0. The van der Waals surface area contributed by atoms with Gasteiger partial charge in [-0.3, -0.25) is 0 Å². The van der Waals surface area contributed by atoms with Crippen molar-refractivity contribution >= 4 is 39.5 Å². The summed E-state index contributed by atoms with van der Waals surface area (Å²) < 4.78 is 0. The average molecular weight is 323 g/mol. The van der Waals surface area contributed by atoms with Crippen molar-refractivity contribution < 1.29 is 0 Å². The molecule has 0 aliphatic carbocycles. The predicted octanol–water partition coefficient (Wildman–Crippen LogP) is 4.26. The van der Waals surface area contributed by atoms with Gasteiger partial charge < -0.3 is 14.9 Å². The summed E-state index contributed by atoms with van der Waals surface area (Å²) in [6.45, 7) is 1.79. The molecule has 23 heavy (non-hydrogen) atoms. The number of imidazole rings is 1. The van der Waals surface area contributed by atoms with Crippen molar-refractivity contribution in [3.63, 3.8) is 0 Å². The molecule has 114 valence electrons. The maximum atomic E-state index is 6.18. The van der Waals surface area contributed by atoms with Gasteiger partial charge in [-0.15, -0.1) is 0 Å². The van der Waals surface area contributed by atoms with Crippen molar-refractivity contribution in [2.45, 2.75) is 13.0 Å². The quantitative estimate of drug-likeness (QED) is 0.550. The van der Waals surface area contributed by atoms with Crippen LogP contribution in [0.4, 0.5) is 5.95 Å². The van der Waals surface area contributed by atoms with E-state index in [1.165, 1.54) is 16.6 Å². The first-order valence-corrected chi connectivity index (χ1v) is 8.14. The molecule has 0 fully saturated rings. The van der Waals surface area contributed by atoms with Gasteiger partial charge in [0.25, 0.3) is 0 Å². The zero-order valence-corrected chi connectivity index (χ0v) is 13.2. The van der Waals surface area contributed by atoms with Gasteiger partial charge in [0.05, 0.1) is 11.0 Å². The van der Waals surface area contributed by atoms with Gasteiger partial charge in [0.15, 0.2) is 0 Å². The van der Waals surface area contributed by atoms with Gasteiger partial charge in [-0.25, -0.2) is 4.98 Å². The summed E-state index contributed by atoms with van der Waals surface area (Å²) in [4.78, 5) is 14.0. The SMILES string of the molecule is Clc1ccc2[nH]c3c(c2c1)CN(c1nc2ccccc2[nH]1)CC3. The van der Waals surface area contributed by atoms with Crippen LogP contribution in [0.25, 0.3) is 21.9 Å². The van der Waals surface area contributed by atoms with Crippen LogP contribution in [0.1, 0.15) is 11.3 Å². The number of rotatable bonds is 1. The van der Waals surface area contributed by atoms with Crippen molar-refractivity contribution in [2.75, 3.05) is 11.4 Å². The first-order chi connectivity index (χ1) is 11.3. The lowest BCUT2D eigenvalue weighted by molar-refractivity contribution is 0.709. The van der Waals surface area contributed by atoms with E-state index in [4.69, 9.17) is 16.6 Å². The zero-order chi connectivity index (χ0) is 15.4. The first-order valence-electron chi connectivity index (χ1n) is 7.76. The number of benzene rings is 2. The molecule has 0 bridgehead atoms. The Balaban J connectivity index is 1.58. The minimum atomic E-state index is 0.778. The van der Waals surface area contributed by atoms with Crippen LogP contribution < -0.4 is 4.90 Å². The van der Waals surface area contributed by atoms with E-state index < -0.39 is 0 Å². The van der Waals surface area contributed by atoms with E-state index >= 15 is 0 Å². The van der Waals surface area contributed by atoms with Crippen LogP contribution in [0.5, 0.6) is 0 Å². The Kier molecular flexibility index (Phi) is 2.70. The zero-order valence-electron chi connectivity index (χ0n) is 12.4. The van der Waals surface area contributed by atoms with Crippen molar-refractivity contribution in [3.8, 4) is 0 Å². The number of hydrogen-bond acceptors (Lipinski definition) is 2. The Bertz CT molecular complexity index is 997. The largest absolute Gasteiger partial charge is 0.358 e. The van der Waals surface area contributed by atoms with Gasteiger partial charge in [0.2, 0.25) is 5.95 Å². The lowest BCUT2D eigenvalue weighted by Crippen LogP contribution is -2.30. The lowest BCUT2D eigenvalue weighted by atomic mass is 10.0. The Morgan fingerprint density at radius 3 is 2.87 bits per heavy atom. The molecular weight excluding hydrogens is 308 g/mol. The molecule has 1 aliphatic rings. The molecule has 2 aromatic heterocycles. The predicted molar refractivity (Wildman–Crippen MR) is 94.2 cm³/mol. The fourth-order valence-corrected chi connectivity index (χ4v) is 3.63. The van der Waals surface area contributed by atoms with Crippen LogP contribution in [0.15, 0.2) is 42.5 Å². The molecule has 0 unspecified atom stereocenters. The van der Waals surface area contributed by atoms with Gasteiger partial charge in [-0.1, -0.05) is 23.7 Å². The minimum absolute atomic E-state index is 0.778. The van der Waals surface area contributed by atoms with E-state index in [1.54, 1.807) is 0 Å². The van der Waals surface area contributed by atoms with Gasteiger partial charge in [0, 0.05) is 46.7 Å². The maximum Gasteiger partial charge on any atom is 0.204 e. The molecule has 4 nitrogen and oxygen atoms in total. The topological polar surface area (TPSA) is 47.7 Å². The maximum absolute atomic E-state index is 6.18. The molecule has 0 saturated carbocycles. The summed E-state index contributed by atoms with van der Waals surface area (Å²) >= 11 is 6.18. The number of fused-ring (bicyclic) bond motifs is 4. The molecule has 4 aromatic rings. The van der Waals surface area contributed by atoms with Gasteiger partial charge >= 0.3 is 0 Å². The van der Waals surface area contributed by atoms with Crippen LogP contribution in [0, 0.1) is 0 Å². The van der Waals surface area contributed by atoms with Crippen molar-refractivity contribution in [1.82, 2.24) is 15.0 Å². The van der Waals surface area contributed by atoms with E-state index in [9.17, 15) is 0 Å². The third kappa shape index (κ3) is 2.02. The summed E-state index contributed by atoms with van der Waals surface area (Å²) in [5.74, 6) is 0.938. The number of hydrogen-bond donors (Lipinski definition) is 2. The smallest absolute Gasteiger partial charge is 0.204 e. The second-order valence-corrected chi connectivity index (χ2v) is 6.46. The minimum Gasteiger partial charge on any atom is -0.358 e. The van der Waals surface area contributed by atoms with Crippen molar-refractivity contribution in [2.24, 2.45) is 0 Å². The Labute approximate surface area is 138 Å². The molecule has 0 atom stereocenters. The highest BCUT2D eigenvalue weighted by molar-refractivity contribution is 6.31. The third-order valence-corrected chi connectivity index (χ3v) is 4.85. The van der Waals surface area contributed by atoms with Crippen LogP contribution in [0.3, 0.4) is 0 Å². The fraction of sp³-hybridized carbons (Fsp3) is 0.167. The lowest BCUT2D eigenvalue weighted by Gasteiger charge is -2.26. The van der Waals surface area contributed by atoms with E-state index in [-0.39, 0.29) is 0 Å². The standard InChI is InChI=1S/C18H15ClN4/c19-11-5-6-14-12(9-11)13-10-23(8-7-15(13)20-14)18-21-16-3-1-2-4-17(16)22-18/h1-6,9,20H,7-8,10H2,(H,21,22). The summed E-state index contributed by atoms with van der Waals surface area (Å²) in [7, 11) is 0. The highest BCUT2D eigenvalue weighted by Gasteiger charge is 2.22. The Hall–Kier alpha value is -2.46. The van der Waals surface area contributed by atoms with E-state index in [0.717, 1.165) is 47.0 Å². The van der Waals surface area contributed by atoms with Crippen LogP contribution in [-0.2, 0) is 13.0 Å². The van der Waals surface area contributed by atoms with Crippen molar-refractivity contribution in [3.05, 3.63) is 58.7 Å². The molecule has 5 heteroatoms. The van der Waals surface area contributed by atoms with E-state index in [0.29, 0.717) is 0 Å². The molecular formula is C18H15ClN4. The molecule has 3 heterocycles. The summed E-state index contributed by atoms with van der Waals surface area (Å²) in [5.41, 5.74) is 5.89. The number of H-pyrrole nitrogens is 2. The normalized spacial score (nSPS) is 14.6. The molecule has 0 saturated heterocycles. The number of aromatic amines is 2. The molecule has 5 rings (SSSR count). The second kappa shape index (κ2) is 4.77. The summed E-state index contributed by atoms with van der Waals surface area (Å²) in [5, 5.41) is 1.99. The number of halogens is 1. The van der Waals surface area contributed by atoms with E-state index in [1.807, 2.05) is 30.3 Å². The van der Waals surface area contributed by atoms with Crippen LogP contribution in [0.2, 0.25) is 5.02 Å². The van der Waals surface area contributed by atoms with Gasteiger partial charge in [-0.2, -0.15) is 0 Å². The van der Waals surface area contributed by atoms with Crippen LogP contribution in [-0.4, -0.2) is 21.5 Å².